The highest BCUT2D eigenvalue weighted by Crippen LogP contribution is 2.41. The quantitative estimate of drug-likeness (QED) is 0.507. The number of rotatable bonds is 2. The van der Waals surface area contributed by atoms with E-state index in [0.29, 0.717) is 29.0 Å². The first-order chi connectivity index (χ1) is 12.1. The van der Waals surface area contributed by atoms with E-state index >= 15 is 0 Å². The van der Waals surface area contributed by atoms with Gasteiger partial charge in [0, 0.05) is 22.0 Å². The molecule has 0 fully saturated rings. The van der Waals surface area contributed by atoms with Gasteiger partial charge < -0.3 is 11.1 Å². The van der Waals surface area contributed by atoms with Gasteiger partial charge >= 0.3 is 6.18 Å². The number of alkyl halides is 3. The van der Waals surface area contributed by atoms with Gasteiger partial charge in [-0.3, -0.25) is 9.98 Å². The van der Waals surface area contributed by atoms with Gasteiger partial charge in [0.1, 0.15) is 17.7 Å². The molecule has 3 aliphatic rings. The second kappa shape index (κ2) is 7.07. The van der Waals surface area contributed by atoms with Crippen molar-refractivity contribution >= 4 is 27.6 Å². The standard InChI is InChI=1S/C17H21BrF4N4/c1-7(9-3-10(17(20,21)22)5-11(23)4-9)24-16-12-6-13(18)14(19)15(12)25-8(2)26-16/h3,7,9,11-12,15H,4-6,23H2,1-2H3,(H,24,25,26). The Kier molecular flexibility index (Phi) is 5.31. The third-order valence-corrected chi connectivity index (χ3v) is 5.79. The first-order valence-corrected chi connectivity index (χ1v) is 9.32. The fourth-order valence-corrected chi connectivity index (χ4v) is 4.33. The van der Waals surface area contributed by atoms with E-state index in [-0.39, 0.29) is 18.2 Å². The molecule has 3 rings (SSSR count). The van der Waals surface area contributed by atoms with Crippen molar-refractivity contribution in [1.82, 2.24) is 5.32 Å². The van der Waals surface area contributed by atoms with Crippen molar-refractivity contribution in [3.05, 3.63) is 22.0 Å². The number of halogens is 5. The molecule has 3 N–H and O–H groups in total. The van der Waals surface area contributed by atoms with E-state index in [2.05, 4.69) is 31.2 Å². The first-order valence-electron chi connectivity index (χ1n) is 8.53. The number of aliphatic imine (C=N–C) groups is 2. The van der Waals surface area contributed by atoms with E-state index in [4.69, 9.17) is 5.73 Å². The maximum atomic E-state index is 14.2. The fraction of sp³-hybridized carbons (Fsp3) is 0.647. The summed E-state index contributed by atoms with van der Waals surface area (Å²) in [5.41, 5.74) is 5.25. The van der Waals surface area contributed by atoms with Crippen LogP contribution in [0.15, 0.2) is 31.9 Å². The Bertz CT molecular complexity index is 710. The second-order valence-electron chi connectivity index (χ2n) is 7.16. The molecule has 0 saturated heterocycles. The Morgan fingerprint density at radius 3 is 2.73 bits per heavy atom. The van der Waals surface area contributed by atoms with Gasteiger partial charge in [-0.2, -0.15) is 13.2 Å². The molecule has 1 aliphatic heterocycles. The van der Waals surface area contributed by atoms with Crippen LogP contribution in [0, 0.1) is 11.8 Å². The second-order valence-corrected chi connectivity index (χ2v) is 8.11. The van der Waals surface area contributed by atoms with Gasteiger partial charge in [0.2, 0.25) is 0 Å². The highest BCUT2D eigenvalue weighted by Gasteiger charge is 2.42. The third-order valence-electron chi connectivity index (χ3n) is 5.09. The van der Waals surface area contributed by atoms with Gasteiger partial charge in [-0.05, 0) is 33.1 Å². The first kappa shape index (κ1) is 19.5. The van der Waals surface area contributed by atoms with Gasteiger partial charge in [-0.15, -0.1) is 0 Å². The van der Waals surface area contributed by atoms with E-state index in [1.807, 2.05) is 0 Å². The SMILES string of the molecule is CC1=NC2C(F)=C(Br)CC2C(=NC(C)C2C=C(C(F)(F)F)CC(N)C2)N1. The zero-order valence-corrected chi connectivity index (χ0v) is 16.0. The molecule has 0 aromatic heterocycles. The highest BCUT2D eigenvalue weighted by molar-refractivity contribution is 9.11. The van der Waals surface area contributed by atoms with Crippen LogP contribution in [0.1, 0.15) is 33.1 Å². The summed E-state index contributed by atoms with van der Waals surface area (Å²) in [6.07, 6.45) is -2.42. The van der Waals surface area contributed by atoms with Crippen LogP contribution in [-0.4, -0.2) is 36.0 Å². The smallest absolute Gasteiger partial charge is 0.333 e. The minimum atomic E-state index is -4.37. The molecule has 0 radical (unpaired) electrons. The maximum Gasteiger partial charge on any atom is 0.412 e. The fourth-order valence-electron chi connectivity index (χ4n) is 3.75. The lowest BCUT2D eigenvalue weighted by Crippen LogP contribution is -2.44. The summed E-state index contributed by atoms with van der Waals surface area (Å²) in [6.45, 7) is 3.49. The molecule has 1 heterocycles. The van der Waals surface area contributed by atoms with Crippen LogP contribution >= 0.6 is 15.9 Å². The molecule has 0 saturated carbocycles. The molecule has 0 bridgehead atoms. The summed E-state index contributed by atoms with van der Waals surface area (Å²) in [5.74, 6) is 0.126. The largest absolute Gasteiger partial charge is 0.412 e. The van der Waals surface area contributed by atoms with Gasteiger partial charge in [0.25, 0.3) is 0 Å². The third kappa shape index (κ3) is 3.88. The van der Waals surface area contributed by atoms with Crippen molar-refractivity contribution in [2.75, 3.05) is 0 Å². The minimum absolute atomic E-state index is 0.167. The lowest BCUT2D eigenvalue weighted by molar-refractivity contribution is -0.0962. The summed E-state index contributed by atoms with van der Waals surface area (Å²) < 4.78 is 53.9. The normalized spacial score (nSPS) is 35.0. The number of nitrogens with two attached hydrogens (primary N) is 1. The summed E-state index contributed by atoms with van der Waals surface area (Å²) in [6, 6.07) is -1.57. The monoisotopic (exact) mass is 436 g/mol. The van der Waals surface area contributed by atoms with Crippen LogP contribution in [-0.2, 0) is 0 Å². The van der Waals surface area contributed by atoms with Crippen molar-refractivity contribution in [3.8, 4) is 0 Å². The van der Waals surface area contributed by atoms with Gasteiger partial charge in [-0.25, -0.2) is 4.39 Å². The van der Waals surface area contributed by atoms with E-state index in [1.54, 1.807) is 13.8 Å². The molecule has 144 valence electrons. The molecular weight excluding hydrogens is 416 g/mol. The van der Waals surface area contributed by atoms with Crippen LogP contribution in [0.2, 0.25) is 0 Å². The zero-order valence-electron chi connectivity index (χ0n) is 14.4. The molecule has 5 unspecified atom stereocenters. The summed E-state index contributed by atoms with van der Waals surface area (Å²) in [4.78, 5) is 8.90. The van der Waals surface area contributed by atoms with Crippen molar-refractivity contribution in [3.63, 3.8) is 0 Å². The van der Waals surface area contributed by atoms with Gasteiger partial charge in [0.05, 0.1) is 17.8 Å². The van der Waals surface area contributed by atoms with Crippen LogP contribution in [0.3, 0.4) is 0 Å². The topological polar surface area (TPSA) is 62.8 Å². The van der Waals surface area contributed by atoms with E-state index in [0.717, 1.165) is 0 Å². The Hall–Kier alpha value is -1.22. The number of fused-ring (bicyclic) bond motifs is 1. The molecule has 0 amide bonds. The molecule has 0 spiro atoms. The van der Waals surface area contributed by atoms with E-state index in [1.165, 1.54) is 6.08 Å². The lowest BCUT2D eigenvalue weighted by Gasteiger charge is -2.31. The number of nitrogens with one attached hydrogen (secondary N) is 1. The Morgan fingerprint density at radius 2 is 2.08 bits per heavy atom. The molecule has 4 nitrogen and oxygen atoms in total. The molecule has 26 heavy (non-hydrogen) atoms. The van der Waals surface area contributed by atoms with Crippen LogP contribution in [0.5, 0.6) is 0 Å². The van der Waals surface area contributed by atoms with Crippen molar-refractivity contribution in [2.24, 2.45) is 27.6 Å². The summed E-state index contributed by atoms with van der Waals surface area (Å²) in [7, 11) is 0. The Morgan fingerprint density at radius 1 is 1.38 bits per heavy atom. The molecule has 9 heteroatoms. The van der Waals surface area contributed by atoms with Crippen LogP contribution in [0.4, 0.5) is 17.6 Å². The van der Waals surface area contributed by atoms with Crippen molar-refractivity contribution in [2.45, 2.75) is 57.4 Å². The number of hydrogen-bond acceptors (Lipinski definition) is 3. The molecule has 5 atom stereocenters. The van der Waals surface area contributed by atoms with Crippen LogP contribution in [0.25, 0.3) is 0 Å². The minimum Gasteiger partial charge on any atom is -0.333 e. The Labute approximate surface area is 157 Å². The van der Waals surface area contributed by atoms with E-state index < -0.39 is 35.8 Å². The van der Waals surface area contributed by atoms with Gasteiger partial charge in [0.15, 0.2) is 0 Å². The number of hydrogen-bond donors (Lipinski definition) is 2. The maximum absolute atomic E-state index is 14.2. The highest BCUT2D eigenvalue weighted by atomic mass is 79.9. The predicted molar refractivity (Wildman–Crippen MR) is 96.9 cm³/mol. The summed E-state index contributed by atoms with van der Waals surface area (Å²) in [5, 5.41) is 3.06. The zero-order chi connectivity index (χ0) is 19.2. The molecule has 0 aromatic carbocycles. The Balaban J connectivity index is 1.84. The average Bonchev–Trinajstić information content (AvgIpc) is 2.81. The van der Waals surface area contributed by atoms with Crippen LogP contribution < -0.4 is 11.1 Å². The average molecular weight is 437 g/mol. The number of nitrogens with zero attached hydrogens (tertiary/aromatic N) is 2. The molecule has 2 aliphatic carbocycles. The van der Waals surface area contributed by atoms with Crippen molar-refractivity contribution in [1.29, 1.82) is 0 Å². The predicted octanol–water partition coefficient (Wildman–Crippen LogP) is 3.99. The van der Waals surface area contributed by atoms with Gasteiger partial charge in [-0.1, -0.05) is 22.0 Å². The molecular formula is C17H21BrF4N4. The summed E-state index contributed by atoms with van der Waals surface area (Å²) >= 11 is 3.22. The molecule has 0 aromatic rings. The lowest BCUT2D eigenvalue weighted by atomic mass is 9.83. The number of amidine groups is 2. The van der Waals surface area contributed by atoms with Crippen molar-refractivity contribution < 1.29 is 17.6 Å². The van der Waals surface area contributed by atoms with E-state index in [9.17, 15) is 17.6 Å². The number of allylic oxidation sites excluding steroid dienone is 1.